The van der Waals surface area contributed by atoms with Crippen LogP contribution in [0.25, 0.3) is 0 Å². The van der Waals surface area contributed by atoms with Gasteiger partial charge in [-0.3, -0.25) is 0 Å². The summed E-state index contributed by atoms with van der Waals surface area (Å²) in [7, 11) is -2.24. The molecule has 3 nitrogen and oxygen atoms in total. The van der Waals surface area contributed by atoms with Crippen LogP contribution in [0.3, 0.4) is 0 Å². The summed E-state index contributed by atoms with van der Waals surface area (Å²) in [5.74, 6) is -1.11. The Kier molecular flexibility index (Phi) is 3.01. The van der Waals surface area contributed by atoms with E-state index in [1.54, 1.807) is 0 Å². The summed E-state index contributed by atoms with van der Waals surface area (Å²) >= 11 is 0. The molecule has 0 aromatic rings. The standard InChI is InChI=1S/C9H20O3Si/c1-8(2,3)13(5,6)9(4,12)7(10)11/h12H,1-6H3,(H,10,11). The summed E-state index contributed by atoms with van der Waals surface area (Å²) in [5.41, 5.74) is 0. The van der Waals surface area contributed by atoms with Gasteiger partial charge in [0.15, 0.2) is 0 Å². The van der Waals surface area contributed by atoms with Gasteiger partial charge < -0.3 is 10.2 Å². The number of aliphatic carboxylic acids is 1. The van der Waals surface area contributed by atoms with Crippen molar-refractivity contribution in [1.82, 2.24) is 0 Å². The van der Waals surface area contributed by atoms with E-state index in [1.807, 2.05) is 33.9 Å². The Morgan fingerprint density at radius 3 is 1.54 bits per heavy atom. The highest BCUT2D eigenvalue weighted by molar-refractivity contribution is 6.85. The molecule has 0 aliphatic heterocycles. The third-order valence-electron chi connectivity index (χ3n) is 3.51. The van der Waals surface area contributed by atoms with Crippen LogP contribution in [0.15, 0.2) is 0 Å². The highest BCUT2D eigenvalue weighted by atomic mass is 28.3. The van der Waals surface area contributed by atoms with Crippen molar-refractivity contribution in [3.63, 3.8) is 0 Å². The molecular formula is C9H20O3Si. The molecule has 78 valence electrons. The van der Waals surface area contributed by atoms with Crippen molar-refractivity contribution in [3.8, 4) is 0 Å². The molecule has 0 saturated heterocycles. The molecule has 2 N–H and O–H groups in total. The molecule has 0 spiro atoms. The fourth-order valence-electron chi connectivity index (χ4n) is 0.998. The summed E-state index contributed by atoms with van der Waals surface area (Å²) in [6.45, 7) is 11.2. The zero-order chi connectivity index (χ0) is 11.1. The lowest BCUT2D eigenvalue weighted by Crippen LogP contribution is -2.62. The van der Waals surface area contributed by atoms with Gasteiger partial charge in [0.05, 0.1) is 0 Å². The Morgan fingerprint density at radius 1 is 1.15 bits per heavy atom. The number of carboxylic acid groups (broad SMARTS) is 1. The normalized spacial score (nSPS) is 18.1. The number of carboxylic acids is 1. The van der Waals surface area contributed by atoms with Crippen molar-refractivity contribution in [1.29, 1.82) is 0 Å². The highest BCUT2D eigenvalue weighted by Gasteiger charge is 2.54. The van der Waals surface area contributed by atoms with Crippen LogP contribution in [-0.4, -0.2) is 29.5 Å². The van der Waals surface area contributed by atoms with Gasteiger partial charge in [-0.15, -0.1) is 0 Å². The monoisotopic (exact) mass is 204 g/mol. The van der Waals surface area contributed by atoms with Gasteiger partial charge in [0, 0.05) is 0 Å². The minimum absolute atomic E-state index is 0.130. The summed E-state index contributed by atoms with van der Waals surface area (Å²) in [6.07, 6.45) is 0. The van der Waals surface area contributed by atoms with Crippen LogP contribution in [0.1, 0.15) is 27.7 Å². The van der Waals surface area contributed by atoms with E-state index in [-0.39, 0.29) is 5.04 Å². The second-order valence-electron chi connectivity index (χ2n) is 5.25. The van der Waals surface area contributed by atoms with E-state index in [1.165, 1.54) is 6.92 Å². The van der Waals surface area contributed by atoms with Gasteiger partial charge in [-0.1, -0.05) is 33.9 Å². The molecule has 13 heavy (non-hydrogen) atoms. The number of carbonyl (C=O) groups is 1. The van der Waals surface area contributed by atoms with Crippen LogP contribution in [0.2, 0.25) is 18.1 Å². The van der Waals surface area contributed by atoms with Crippen LogP contribution < -0.4 is 0 Å². The van der Waals surface area contributed by atoms with Gasteiger partial charge in [0.1, 0.15) is 13.3 Å². The largest absolute Gasteiger partial charge is 0.479 e. The quantitative estimate of drug-likeness (QED) is 0.675. The van der Waals surface area contributed by atoms with Crippen molar-refractivity contribution in [2.45, 2.75) is 51.1 Å². The van der Waals surface area contributed by atoms with Gasteiger partial charge in [-0.05, 0) is 12.0 Å². The molecule has 0 saturated carbocycles. The van der Waals surface area contributed by atoms with E-state index in [0.29, 0.717) is 0 Å². The molecule has 0 radical (unpaired) electrons. The first-order valence-corrected chi connectivity index (χ1v) is 7.40. The van der Waals surface area contributed by atoms with E-state index in [4.69, 9.17) is 5.11 Å². The van der Waals surface area contributed by atoms with E-state index >= 15 is 0 Å². The van der Waals surface area contributed by atoms with Gasteiger partial charge in [0.2, 0.25) is 0 Å². The summed E-state index contributed by atoms with van der Waals surface area (Å²) in [6, 6.07) is 0. The Hall–Kier alpha value is -0.353. The lowest BCUT2D eigenvalue weighted by atomic mass is 10.2. The van der Waals surface area contributed by atoms with Crippen molar-refractivity contribution in [2.24, 2.45) is 0 Å². The van der Waals surface area contributed by atoms with Gasteiger partial charge in [0.25, 0.3) is 0 Å². The first kappa shape index (κ1) is 12.6. The lowest BCUT2D eigenvalue weighted by Gasteiger charge is -2.44. The second-order valence-corrected chi connectivity index (χ2v) is 11.0. The molecule has 0 aromatic carbocycles. The van der Waals surface area contributed by atoms with Crippen LogP contribution in [0, 0.1) is 0 Å². The molecule has 0 aliphatic rings. The van der Waals surface area contributed by atoms with Gasteiger partial charge >= 0.3 is 5.97 Å². The summed E-state index contributed by atoms with van der Waals surface area (Å²) in [4.78, 5) is 10.9. The van der Waals surface area contributed by atoms with Crippen molar-refractivity contribution >= 4 is 14.0 Å². The third-order valence-corrected chi connectivity index (χ3v) is 9.91. The molecule has 4 heteroatoms. The molecule has 1 atom stereocenters. The van der Waals surface area contributed by atoms with Crippen LogP contribution in [0.4, 0.5) is 0 Å². The smallest absolute Gasteiger partial charge is 0.331 e. The van der Waals surface area contributed by atoms with Crippen molar-refractivity contribution in [3.05, 3.63) is 0 Å². The van der Waals surface area contributed by atoms with Gasteiger partial charge in [-0.25, -0.2) is 4.79 Å². The topological polar surface area (TPSA) is 57.5 Å². The zero-order valence-corrected chi connectivity index (χ0v) is 10.3. The molecule has 0 aliphatic carbocycles. The molecular weight excluding hydrogens is 184 g/mol. The van der Waals surface area contributed by atoms with Crippen LogP contribution >= 0.6 is 0 Å². The minimum atomic E-state index is -2.24. The maximum Gasteiger partial charge on any atom is 0.331 e. The predicted molar refractivity (Wildman–Crippen MR) is 55.5 cm³/mol. The minimum Gasteiger partial charge on any atom is -0.479 e. The Balaban J connectivity index is 5.16. The molecule has 0 aromatic heterocycles. The Morgan fingerprint density at radius 2 is 1.46 bits per heavy atom. The SMILES string of the molecule is CC(C)(C)[Si](C)(C)C(C)(O)C(=O)O. The van der Waals surface area contributed by atoms with E-state index in [0.717, 1.165) is 0 Å². The van der Waals surface area contributed by atoms with Gasteiger partial charge in [-0.2, -0.15) is 0 Å². The average Bonchev–Trinajstić information content (AvgIpc) is 1.84. The molecule has 0 fully saturated rings. The molecule has 0 rings (SSSR count). The maximum atomic E-state index is 10.9. The molecule has 0 bridgehead atoms. The average molecular weight is 204 g/mol. The Bertz CT molecular complexity index is 213. The molecule has 0 heterocycles. The Labute approximate surface area is 80.8 Å². The number of rotatable bonds is 2. The first-order chi connectivity index (χ1) is 5.44. The third kappa shape index (κ3) is 1.94. The number of hydrogen-bond donors (Lipinski definition) is 2. The summed E-state index contributed by atoms with van der Waals surface area (Å²) in [5, 5.41) is 17.1. The zero-order valence-electron chi connectivity index (χ0n) is 9.30. The predicted octanol–water partition coefficient (Wildman–Crippen LogP) is 1.87. The van der Waals surface area contributed by atoms with E-state index in [9.17, 15) is 9.90 Å². The molecule has 0 amide bonds. The van der Waals surface area contributed by atoms with Crippen molar-refractivity contribution < 1.29 is 15.0 Å². The van der Waals surface area contributed by atoms with Crippen molar-refractivity contribution in [2.75, 3.05) is 0 Å². The molecule has 1 unspecified atom stereocenters. The highest BCUT2D eigenvalue weighted by Crippen LogP contribution is 2.42. The maximum absolute atomic E-state index is 10.9. The second kappa shape index (κ2) is 3.10. The van der Waals surface area contributed by atoms with E-state index < -0.39 is 19.3 Å². The van der Waals surface area contributed by atoms with E-state index in [2.05, 4.69) is 0 Å². The number of aliphatic hydroxyl groups is 1. The lowest BCUT2D eigenvalue weighted by molar-refractivity contribution is -0.150. The summed E-state index contributed by atoms with van der Waals surface area (Å²) < 4.78 is 0. The van der Waals surface area contributed by atoms with Crippen LogP contribution in [0.5, 0.6) is 0 Å². The van der Waals surface area contributed by atoms with Crippen LogP contribution in [-0.2, 0) is 4.79 Å². The first-order valence-electron chi connectivity index (χ1n) is 4.40. The fraction of sp³-hybridized carbons (Fsp3) is 0.889. The number of hydrogen-bond acceptors (Lipinski definition) is 2. The fourth-order valence-corrected chi connectivity index (χ4v) is 2.99.